The molecule has 1 aliphatic rings. The van der Waals surface area contributed by atoms with Crippen LogP contribution in [0.25, 0.3) is 0 Å². The maximum atomic E-state index is 7.75. The molecule has 1 aromatic rings. The molecule has 0 atom stereocenters. The van der Waals surface area contributed by atoms with Gasteiger partial charge in [-0.25, -0.2) is 0 Å². The van der Waals surface area contributed by atoms with Crippen molar-refractivity contribution in [1.82, 2.24) is 0 Å². The Labute approximate surface area is 119 Å². The fraction of sp³-hybridized carbons (Fsp3) is 0.533. The van der Waals surface area contributed by atoms with E-state index < -0.39 is 0 Å². The Morgan fingerprint density at radius 2 is 2.00 bits per heavy atom. The molecule has 0 heterocycles. The summed E-state index contributed by atoms with van der Waals surface area (Å²) in [5.74, 6) is 1.66. The third kappa shape index (κ3) is 3.44. The lowest BCUT2D eigenvalue weighted by atomic mass is 9.89. The zero-order valence-electron chi connectivity index (χ0n) is 11.6. The Morgan fingerprint density at radius 1 is 1.32 bits per heavy atom. The van der Waals surface area contributed by atoms with Gasteiger partial charge in [-0.1, -0.05) is 13.0 Å². The Morgan fingerprint density at radius 3 is 2.58 bits per heavy atom. The number of hydrogen-bond donors (Lipinski definition) is 2. The second-order valence-electron chi connectivity index (χ2n) is 5.25. The molecule has 1 aromatic carbocycles. The monoisotopic (exact) mass is 278 g/mol. The second kappa shape index (κ2) is 6.33. The van der Waals surface area contributed by atoms with Crippen molar-refractivity contribution >= 4 is 17.6 Å². The Hall–Kier alpha value is -1.16. The standard InChI is InChI=1S/C15H22N2OS/c1-10-6-8-11(9-7-10)18-12-4-3-5-13(19-2)14(12)15(16)17/h3-5,10-11H,6-9H2,1-2H3,(H3,16,17). The van der Waals surface area contributed by atoms with Gasteiger partial charge in [-0.2, -0.15) is 0 Å². The van der Waals surface area contributed by atoms with Crippen LogP contribution in [0, 0.1) is 11.3 Å². The van der Waals surface area contributed by atoms with Crippen LogP contribution < -0.4 is 10.5 Å². The fourth-order valence-corrected chi connectivity index (χ4v) is 3.20. The van der Waals surface area contributed by atoms with Crippen molar-refractivity contribution in [2.24, 2.45) is 11.7 Å². The minimum absolute atomic E-state index is 0.0872. The van der Waals surface area contributed by atoms with E-state index in [4.69, 9.17) is 15.9 Å². The fourth-order valence-electron chi connectivity index (χ4n) is 2.57. The van der Waals surface area contributed by atoms with Crippen LogP contribution in [0.15, 0.2) is 23.1 Å². The van der Waals surface area contributed by atoms with Gasteiger partial charge in [0.15, 0.2) is 0 Å². The highest BCUT2D eigenvalue weighted by Gasteiger charge is 2.21. The maximum absolute atomic E-state index is 7.75. The van der Waals surface area contributed by atoms with E-state index in [0.29, 0.717) is 0 Å². The van der Waals surface area contributed by atoms with Crippen molar-refractivity contribution in [3.63, 3.8) is 0 Å². The van der Waals surface area contributed by atoms with E-state index >= 15 is 0 Å². The molecule has 3 N–H and O–H groups in total. The van der Waals surface area contributed by atoms with Crippen molar-refractivity contribution in [3.05, 3.63) is 23.8 Å². The lowest BCUT2D eigenvalue weighted by Gasteiger charge is -2.28. The van der Waals surface area contributed by atoms with Gasteiger partial charge in [0.25, 0.3) is 0 Å². The zero-order chi connectivity index (χ0) is 13.8. The van der Waals surface area contributed by atoms with Crippen molar-refractivity contribution in [3.8, 4) is 5.75 Å². The van der Waals surface area contributed by atoms with Crippen molar-refractivity contribution in [1.29, 1.82) is 5.41 Å². The van der Waals surface area contributed by atoms with Crippen LogP contribution in [-0.4, -0.2) is 18.2 Å². The molecule has 0 aliphatic heterocycles. The van der Waals surface area contributed by atoms with Crippen LogP contribution in [-0.2, 0) is 0 Å². The molecule has 1 fully saturated rings. The molecule has 0 radical (unpaired) electrons. The topological polar surface area (TPSA) is 59.1 Å². The number of nitrogen functional groups attached to an aromatic ring is 1. The van der Waals surface area contributed by atoms with Crippen LogP contribution in [0.4, 0.5) is 0 Å². The first-order chi connectivity index (χ1) is 9.11. The SMILES string of the molecule is CSc1cccc(OC2CCC(C)CC2)c1C(=N)N. The van der Waals surface area contributed by atoms with E-state index in [9.17, 15) is 0 Å². The Balaban J connectivity index is 2.17. The summed E-state index contributed by atoms with van der Waals surface area (Å²) in [7, 11) is 0. The molecular formula is C15H22N2OS. The van der Waals surface area contributed by atoms with E-state index in [1.165, 1.54) is 12.8 Å². The molecule has 0 amide bonds. The van der Waals surface area contributed by atoms with Crippen molar-refractivity contribution in [2.45, 2.75) is 43.6 Å². The summed E-state index contributed by atoms with van der Waals surface area (Å²) in [6, 6.07) is 5.88. The molecule has 4 heteroatoms. The number of amidine groups is 1. The summed E-state index contributed by atoms with van der Waals surface area (Å²) in [5, 5.41) is 7.75. The van der Waals surface area contributed by atoms with Gasteiger partial charge in [-0.15, -0.1) is 11.8 Å². The van der Waals surface area contributed by atoms with E-state index in [1.807, 2.05) is 24.5 Å². The Bertz CT molecular complexity index is 453. The molecule has 2 rings (SSSR count). The van der Waals surface area contributed by atoms with Gasteiger partial charge in [0, 0.05) is 4.90 Å². The maximum Gasteiger partial charge on any atom is 0.131 e. The van der Waals surface area contributed by atoms with Gasteiger partial charge in [-0.3, -0.25) is 5.41 Å². The van der Waals surface area contributed by atoms with Gasteiger partial charge in [0.05, 0.1) is 11.7 Å². The number of ether oxygens (including phenoxy) is 1. The van der Waals surface area contributed by atoms with Crippen LogP contribution in [0.5, 0.6) is 5.75 Å². The van der Waals surface area contributed by atoms with Crippen LogP contribution in [0.3, 0.4) is 0 Å². The van der Waals surface area contributed by atoms with Crippen LogP contribution in [0.1, 0.15) is 38.2 Å². The molecule has 0 spiro atoms. The summed E-state index contributed by atoms with van der Waals surface area (Å²) in [5.41, 5.74) is 6.45. The minimum atomic E-state index is 0.0872. The van der Waals surface area contributed by atoms with Gasteiger partial charge < -0.3 is 10.5 Å². The van der Waals surface area contributed by atoms with E-state index in [1.54, 1.807) is 11.8 Å². The number of nitrogens with one attached hydrogen (secondary N) is 1. The molecule has 1 aliphatic carbocycles. The van der Waals surface area contributed by atoms with E-state index in [2.05, 4.69) is 6.92 Å². The van der Waals surface area contributed by atoms with Gasteiger partial charge >= 0.3 is 0 Å². The first kappa shape index (κ1) is 14.3. The van der Waals surface area contributed by atoms with Crippen molar-refractivity contribution < 1.29 is 4.74 Å². The number of rotatable bonds is 4. The first-order valence-corrected chi connectivity index (χ1v) is 8.02. The molecule has 104 valence electrons. The highest BCUT2D eigenvalue weighted by Crippen LogP contribution is 2.32. The number of hydrogen-bond acceptors (Lipinski definition) is 3. The third-order valence-corrected chi connectivity index (χ3v) is 4.51. The molecule has 19 heavy (non-hydrogen) atoms. The predicted octanol–water partition coefficient (Wildman–Crippen LogP) is 3.65. The third-order valence-electron chi connectivity index (χ3n) is 3.73. The second-order valence-corrected chi connectivity index (χ2v) is 6.09. The summed E-state index contributed by atoms with van der Waals surface area (Å²) < 4.78 is 6.10. The average Bonchev–Trinajstić information content (AvgIpc) is 2.40. The summed E-state index contributed by atoms with van der Waals surface area (Å²) in [6.45, 7) is 2.30. The number of benzene rings is 1. The first-order valence-electron chi connectivity index (χ1n) is 6.80. The highest BCUT2D eigenvalue weighted by molar-refractivity contribution is 7.98. The highest BCUT2D eigenvalue weighted by atomic mass is 32.2. The predicted molar refractivity (Wildman–Crippen MR) is 81.3 cm³/mol. The van der Waals surface area contributed by atoms with E-state index in [-0.39, 0.29) is 11.9 Å². The molecule has 0 saturated heterocycles. The molecule has 0 unspecified atom stereocenters. The molecular weight excluding hydrogens is 256 g/mol. The van der Waals surface area contributed by atoms with Crippen molar-refractivity contribution in [2.75, 3.05) is 6.26 Å². The summed E-state index contributed by atoms with van der Waals surface area (Å²) >= 11 is 1.60. The average molecular weight is 278 g/mol. The lowest BCUT2D eigenvalue weighted by molar-refractivity contribution is 0.135. The largest absolute Gasteiger partial charge is 0.490 e. The molecule has 3 nitrogen and oxygen atoms in total. The number of nitrogens with two attached hydrogens (primary N) is 1. The molecule has 0 aromatic heterocycles. The van der Waals surface area contributed by atoms with Gasteiger partial charge in [0.2, 0.25) is 0 Å². The molecule has 0 bridgehead atoms. The number of thioether (sulfide) groups is 1. The lowest BCUT2D eigenvalue weighted by Crippen LogP contribution is -2.24. The van der Waals surface area contributed by atoms with Crippen LogP contribution in [0.2, 0.25) is 0 Å². The summed E-state index contributed by atoms with van der Waals surface area (Å²) in [4.78, 5) is 1.01. The van der Waals surface area contributed by atoms with Crippen LogP contribution >= 0.6 is 11.8 Å². The summed E-state index contributed by atoms with van der Waals surface area (Å²) in [6.07, 6.45) is 6.91. The smallest absolute Gasteiger partial charge is 0.131 e. The molecule has 1 saturated carbocycles. The van der Waals surface area contributed by atoms with Gasteiger partial charge in [-0.05, 0) is 50.0 Å². The quantitative estimate of drug-likeness (QED) is 0.502. The normalized spacial score (nSPS) is 23.1. The Kier molecular flexibility index (Phi) is 4.75. The van der Waals surface area contributed by atoms with E-state index in [0.717, 1.165) is 35.0 Å². The zero-order valence-corrected chi connectivity index (χ0v) is 12.4. The van der Waals surface area contributed by atoms with Gasteiger partial charge in [0.1, 0.15) is 11.6 Å². The minimum Gasteiger partial charge on any atom is -0.490 e.